The molecule has 27 heavy (non-hydrogen) atoms. The van der Waals surface area contributed by atoms with Crippen LogP contribution in [0.1, 0.15) is 32.8 Å². The first kappa shape index (κ1) is 17.9. The van der Waals surface area contributed by atoms with E-state index in [4.69, 9.17) is 0 Å². The Morgan fingerprint density at radius 3 is 2.74 bits per heavy atom. The first-order valence-corrected chi connectivity index (χ1v) is 10.1. The molecular formula is C21H24N4OS. The highest BCUT2D eigenvalue weighted by Crippen LogP contribution is 2.39. The lowest BCUT2D eigenvalue weighted by molar-refractivity contribution is 0.0958. The second kappa shape index (κ2) is 7.66. The van der Waals surface area contributed by atoms with E-state index in [1.165, 1.54) is 16.0 Å². The van der Waals surface area contributed by atoms with Crippen LogP contribution in [0.5, 0.6) is 0 Å². The molecule has 0 atom stereocenters. The molecule has 0 aliphatic carbocycles. The number of amides is 1. The van der Waals surface area contributed by atoms with Gasteiger partial charge in [-0.25, -0.2) is 4.98 Å². The minimum atomic E-state index is 0.0809. The first-order valence-electron chi connectivity index (χ1n) is 9.27. The van der Waals surface area contributed by atoms with Crippen molar-refractivity contribution >= 4 is 22.2 Å². The Labute approximate surface area is 163 Å². The lowest BCUT2D eigenvalue weighted by Crippen LogP contribution is -2.45. The zero-order chi connectivity index (χ0) is 18.8. The number of aromatic nitrogens is 2. The number of benzene rings is 1. The van der Waals surface area contributed by atoms with Crippen LogP contribution < -0.4 is 4.90 Å². The van der Waals surface area contributed by atoms with Gasteiger partial charge in [0, 0.05) is 48.0 Å². The number of thiophene rings is 1. The molecule has 0 unspecified atom stereocenters. The van der Waals surface area contributed by atoms with Gasteiger partial charge in [0.05, 0.1) is 13.0 Å². The molecule has 1 amide bonds. The Kier molecular flexibility index (Phi) is 5.09. The van der Waals surface area contributed by atoms with Crippen LogP contribution >= 0.6 is 11.3 Å². The zero-order valence-electron chi connectivity index (χ0n) is 15.8. The highest BCUT2D eigenvalue weighted by molar-refractivity contribution is 7.16. The van der Waals surface area contributed by atoms with Gasteiger partial charge in [-0.15, -0.1) is 11.3 Å². The van der Waals surface area contributed by atoms with Crippen LogP contribution in [0.3, 0.4) is 0 Å². The monoisotopic (exact) mass is 380 g/mol. The van der Waals surface area contributed by atoms with Crippen LogP contribution in [-0.2, 0) is 13.1 Å². The van der Waals surface area contributed by atoms with Crippen molar-refractivity contribution in [3.05, 3.63) is 70.6 Å². The third-order valence-corrected chi connectivity index (χ3v) is 6.45. The summed E-state index contributed by atoms with van der Waals surface area (Å²) in [6, 6.07) is 9.58. The highest BCUT2D eigenvalue weighted by Gasteiger charge is 2.31. The Morgan fingerprint density at radius 1 is 1.19 bits per heavy atom. The van der Waals surface area contributed by atoms with E-state index in [2.05, 4.69) is 28.3 Å². The van der Waals surface area contributed by atoms with Crippen molar-refractivity contribution in [1.82, 2.24) is 14.5 Å². The van der Waals surface area contributed by atoms with E-state index in [1.807, 2.05) is 54.0 Å². The number of fused-ring (bicyclic) bond motifs is 1. The molecule has 0 saturated carbocycles. The number of hydrogen-bond acceptors (Lipinski definition) is 4. The molecule has 3 aromatic rings. The van der Waals surface area contributed by atoms with Crippen molar-refractivity contribution in [1.29, 1.82) is 0 Å². The van der Waals surface area contributed by atoms with E-state index in [-0.39, 0.29) is 5.91 Å². The molecule has 1 aliphatic rings. The number of carbonyl (C=O) groups is 1. The maximum atomic E-state index is 13.2. The quantitative estimate of drug-likeness (QED) is 0.670. The van der Waals surface area contributed by atoms with E-state index >= 15 is 0 Å². The van der Waals surface area contributed by atoms with Gasteiger partial charge in [0.2, 0.25) is 0 Å². The van der Waals surface area contributed by atoms with Crippen molar-refractivity contribution in [3.63, 3.8) is 0 Å². The van der Waals surface area contributed by atoms with Gasteiger partial charge in [0.1, 0.15) is 5.00 Å². The number of imidazole rings is 1. The summed E-state index contributed by atoms with van der Waals surface area (Å²) in [7, 11) is 0. The minimum Gasteiger partial charge on any atom is -0.337 e. The van der Waals surface area contributed by atoms with Gasteiger partial charge in [-0.3, -0.25) is 14.6 Å². The van der Waals surface area contributed by atoms with Crippen molar-refractivity contribution in [2.75, 3.05) is 18.1 Å². The average Bonchev–Trinajstić information content (AvgIpc) is 3.30. The molecule has 0 spiro atoms. The zero-order valence-corrected chi connectivity index (χ0v) is 16.6. The summed E-state index contributed by atoms with van der Waals surface area (Å²) < 4.78 is 2.10. The van der Waals surface area contributed by atoms with Gasteiger partial charge in [-0.05, 0) is 38.0 Å². The normalized spacial score (nSPS) is 14.4. The molecule has 2 aromatic heterocycles. The molecule has 4 rings (SSSR count). The first-order chi connectivity index (χ1) is 13.1. The summed E-state index contributed by atoms with van der Waals surface area (Å²) in [4.78, 5) is 22.9. The van der Waals surface area contributed by atoms with Crippen molar-refractivity contribution < 1.29 is 4.79 Å². The third-order valence-electron chi connectivity index (χ3n) is 5.17. The number of rotatable bonds is 5. The average molecular weight is 381 g/mol. The standard InChI is InChI=1S/C21H24N4OS/c1-16-17(2)27-21-19(16)13-24(11-6-10-23-12-9-22-14-23)15-25(21)20(26)18-7-4-3-5-8-18/h3-5,7-9,12,14H,6,10-11,13,15H2,1-2H3. The SMILES string of the molecule is Cc1sc2c(c1C)CN(CCCn1ccnc1)CN2C(=O)c1ccccc1. The lowest BCUT2D eigenvalue weighted by atomic mass is 10.1. The summed E-state index contributed by atoms with van der Waals surface area (Å²) in [6.07, 6.45) is 6.68. The maximum Gasteiger partial charge on any atom is 0.260 e. The largest absolute Gasteiger partial charge is 0.337 e. The fourth-order valence-electron chi connectivity index (χ4n) is 3.54. The van der Waals surface area contributed by atoms with Crippen LogP contribution in [0, 0.1) is 13.8 Å². The molecule has 0 fully saturated rings. The van der Waals surface area contributed by atoms with E-state index in [0.29, 0.717) is 6.67 Å². The molecule has 0 bridgehead atoms. The second-order valence-electron chi connectivity index (χ2n) is 7.01. The Hall–Kier alpha value is -2.44. The van der Waals surface area contributed by atoms with Gasteiger partial charge in [-0.1, -0.05) is 18.2 Å². The van der Waals surface area contributed by atoms with Crippen LogP contribution in [0.15, 0.2) is 49.1 Å². The molecule has 6 heteroatoms. The van der Waals surface area contributed by atoms with Gasteiger partial charge in [0.25, 0.3) is 5.91 Å². The predicted octanol–water partition coefficient (Wildman–Crippen LogP) is 4.07. The van der Waals surface area contributed by atoms with E-state index in [9.17, 15) is 4.79 Å². The fraction of sp³-hybridized carbons (Fsp3) is 0.333. The van der Waals surface area contributed by atoms with Crippen molar-refractivity contribution in [2.24, 2.45) is 0 Å². The number of anilines is 1. The Bertz CT molecular complexity index is 917. The molecule has 0 N–H and O–H groups in total. The van der Waals surface area contributed by atoms with Gasteiger partial charge in [-0.2, -0.15) is 0 Å². The number of aryl methyl sites for hydroxylation is 2. The Balaban J connectivity index is 1.54. The minimum absolute atomic E-state index is 0.0809. The topological polar surface area (TPSA) is 41.4 Å². The van der Waals surface area contributed by atoms with Crippen molar-refractivity contribution in [2.45, 2.75) is 33.4 Å². The summed E-state index contributed by atoms with van der Waals surface area (Å²) in [5, 5.41) is 1.12. The van der Waals surface area contributed by atoms with Crippen LogP contribution in [0.2, 0.25) is 0 Å². The van der Waals surface area contributed by atoms with Crippen LogP contribution in [-0.4, -0.2) is 33.6 Å². The third kappa shape index (κ3) is 3.68. The van der Waals surface area contributed by atoms with Gasteiger partial charge in [0.15, 0.2) is 0 Å². The van der Waals surface area contributed by atoms with Gasteiger partial charge >= 0.3 is 0 Å². The summed E-state index contributed by atoms with van der Waals surface area (Å²) in [5.41, 5.74) is 3.36. The second-order valence-corrected chi connectivity index (χ2v) is 8.22. The van der Waals surface area contributed by atoms with E-state index in [1.54, 1.807) is 11.3 Å². The molecule has 5 nitrogen and oxygen atoms in total. The molecule has 1 aliphatic heterocycles. The van der Waals surface area contributed by atoms with Crippen LogP contribution in [0.25, 0.3) is 0 Å². The Morgan fingerprint density at radius 2 is 2.00 bits per heavy atom. The summed E-state index contributed by atoms with van der Waals surface area (Å²) in [6.45, 7) is 7.76. The predicted molar refractivity (Wildman–Crippen MR) is 109 cm³/mol. The molecule has 140 valence electrons. The van der Waals surface area contributed by atoms with E-state index in [0.717, 1.165) is 36.6 Å². The van der Waals surface area contributed by atoms with E-state index < -0.39 is 0 Å². The lowest BCUT2D eigenvalue weighted by Gasteiger charge is -2.35. The molecule has 3 heterocycles. The fourth-order valence-corrected chi connectivity index (χ4v) is 4.69. The number of hydrogen-bond donors (Lipinski definition) is 0. The summed E-state index contributed by atoms with van der Waals surface area (Å²) >= 11 is 1.74. The number of nitrogens with zero attached hydrogens (tertiary/aromatic N) is 4. The van der Waals surface area contributed by atoms with Crippen LogP contribution in [0.4, 0.5) is 5.00 Å². The number of carbonyl (C=O) groups excluding carboxylic acids is 1. The molecule has 0 saturated heterocycles. The molecular weight excluding hydrogens is 356 g/mol. The van der Waals surface area contributed by atoms with Crippen molar-refractivity contribution in [3.8, 4) is 0 Å². The maximum absolute atomic E-state index is 13.2. The van der Waals surface area contributed by atoms with Gasteiger partial charge < -0.3 is 4.57 Å². The summed E-state index contributed by atoms with van der Waals surface area (Å²) in [5.74, 6) is 0.0809. The molecule has 1 aromatic carbocycles. The highest BCUT2D eigenvalue weighted by atomic mass is 32.1. The molecule has 0 radical (unpaired) electrons. The smallest absolute Gasteiger partial charge is 0.260 e.